The van der Waals surface area contributed by atoms with E-state index in [9.17, 15) is 13.5 Å². The lowest BCUT2D eigenvalue weighted by molar-refractivity contribution is 0.395. The topological polar surface area (TPSA) is 78.4 Å². The van der Waals surface area contributed by atoms with E-state index in [4.69, 9.17) is 0 Å². The maximum absolute atomic E-state index is 13.1. The van der Waals surface area contributed by atoms with Gasteiger partial charge in [-0.25, -0.2) is 8.42 Å². The summed E-state index contributed by atoms with van der Waals surface area (Å²) < 4.78 is 26.3. The van der Waals surface area contributed by atoms with E-state index in [2.05, 4.69) is 10.6 Å². The molecule has 3 N–H and O–H groups in total. The lowest BCUT2D eigenvalue weighted by Gasteiger charge is -2.25. The summed E-state index contributed by atoms with van der Waals surface area (Å²) in [4.78, 5) is 0.819. The van der Waals surface area contributed by atoms with Crippen LogP contribution in [0.2, 0.25) is 0 Å². The normalized spacial score (nSPS) is 23.2. The molecule has 0 spiro atoms. The summed E-state index contributed by atoms with van der Waals surface area (Å²) in [5.74, 6) is 0.241. The van der Waals surface area contributed by atoms with Crippen LogP contribution < -0.4 is 10.6 Å². The van der Waals surface area contributed by atoms with Crippen molar-refractivity contribution in [2.45, 2.75) is 23.8 Å². The fraction of sp³-hybridized carbons (Fsp3) is 0.300. The number of phenolic OH excluding ortho intramolecular Hbond substituents is 1. The summed E-state index contributed by atoms with van der Waals surface area (Å²) >= 11 is 0. The third-order valence-corrected chi connectivity index (χ3v) is 7.18. The van der Waals surface area contributed by atoms with Gasteiger partial charge in [-0.3, -0.25) is 0 Å². The molecule has 5 nitrogen and oxygen atoms in total. The smallest absolute Gasteiger partial charge is 0.204 e. The molecule has 2 aromatic carbocycles. The number of hydrogen-bond donors (Lipinski definition) is 3. The molecule has 1 saturated heterocycles. The summed E-state index contributed by atoms with van der Waals surface area (Å²) in [5, 5.41) is 17.1. The number of benzene rings is 2. The van der Waals surface area contributed by atoms with Crippen LogP contribution >= 0.6 is 0 Å². The Hall–Kier alpha value is -2.31. The minimum Gasteiger partial charge on any atom is -0.508 e. The molecule has 0 amide bonds. The van der Waals surface area contributed by atoms with Crippen LogP contribution in [0.25, 0.3) is 0 Å². The molecule has 136 valence electrons. The fourth-order valence-electron chi connectivity index (χ4n) is 4.00. The van der Waals surface area contributed by atoms with Gasteiger partial charge in [-0.2, -0.15) is 0 Å². The molecule has 1 aliphatic heterocycles. The van der Waals surface area contributed by atoms with Crippen LogP contribution in [-0.2, 0) is 9.84 Å². The van der Waals surface area contributed by atoms with Gasteiger partial charge in [0.15, 0.2) is 0 Å². The number of sulfone groups is 1. The molecule has 6 heteroatoms. The van der Waals surface area contributed by atoms with E-state index in [1.54, 1.807) is 36.4 Å². The van der Waals surface area contributed by atoms with E-state index in [1.807, 2.05) is 18.2 Å². The van der Waals surface area contributed by atoms with E-state index in [-0.39, 0.29) is 17.7 Å². The van der Waals surface area contributed by atoms with Crippen molar-refractivity contribution in [1.29, 1.82) is 0 Å². The zero-order valence-electron chi connectivity index (χ0n) is 14.4. The monoisotopic (exact) mass is 370 g/mol. The zero-order valence-corrected chi connectivity index (χ0v) is 15.2. The van der Waals surface area contributed by atoms with E-state index in [0.29, 0.717) is 29.3 Å². The highest BCUT2D eigenvalue weighted by atomic mass is 32.2. The van der Waals surface area contributed by atoms with Crippen molar-refractivity contribution >= 4 is 9.84 Å². The summed E-state index contributed by atoms with van der Waals surface area (Å²) in [6.07, 6.45) is 1.24. The molecule has 0 saturated carbocycles. The van der Waals surface area contributed by atoms with Gasteiger partial charge in [0.05, 0.1) is 9.80 Å². The minimum absolute atomic E-state index is 0.000660. The molecule has 0 aromatic heterocycles. The molecule has 2 aliphatic rings. The van der Waals surface area contributed by atoms with Gasteiger partial charge < -0.3 is 15.7 Å². The second kappa shape index (κ2) is 6.78. The number of nitrogens with one attached hydrogen (secondary N) is 2. The Morgan fingerprint density at radius 3 is 2.46 bits per heavy atom. The molecule has 1 aliphatic carbocycles. The van der Waals surface area contributed by atoms with Crippen LogP contribution in [0.3, 0.4) is 0 Å². The first-order valence-electron chi connectivity index (χ1n) is 8.87. The predicted molar refractivity (Wildman–Crippen MR) is 100 cm³/mol. The Balaban J connectivity index is 1.78. The van der Waals surface area contributed by atoms with Crippen LogP contribution in [-0.4, -0.2) is 26.6 Å². The van der Waals surface area contributed by atoms with Crippen molar-refractivity contribution in [2.75, 3.05) is 13.1 Å². The Morgan fingerprint density at radius 2 is 1.69 bits per heavy atom. The average molecular weight is 370 g/mol. The number of aromatic hydroxyl groups is 1. The largest absolute Gasteiger partial charge is 0.508 e. The molecule has 2 aromatic rings. The first kappa shape index (κ1) is 17.1. The molecular weight excluding hydrogens is 348 g/mol. The zero-order chi connectivity index (χ0) is 18.1. The molecule has 1 fully saturated rings. The van der Waals surface area contributed by atoms with E-state index in [0.717, 1.165) is 17.7 Å². The molecule has 0 radical (unpaired) electrons. The van der Waals surface area contributed by atoms with Gasteiger partial charge in [-0.15, -0.1) is 0 Å². The van der Waals surface area contributed by atoms with Gasteiger partial charge >= 0.3 is 0 Å². The predicted octanol–water partition coefficient (Wildman–Crippen LogP) is 2.72. The summed E-state index contributed by atoms with van der Waals surface area (Å²) in [7, 11) is -3.51. The van der Waals surface area contributed by atoms with Gasteiger partial charge in [0, 0.05) is 36.3 Å². The van der Waals surface area contributed by atoms with Crippen molar-refractivity contribution in [3.8, 4) is 5.75 Å². The van der Waals surface area contributed by atoms with E-state index >= 15 is 0 Å². The SMILES string of the molecule is O=S(=O)(C1=C2NCCN[C@@H](c3ccccc3O)[C@H]2CC1)c1ccccc1. The lowest BCUT2D eigenvalue weighted by Crippen LogP contribution is -2.27. The number of rotatable bonds is 3. The van der Waals surface area contributed by atoms with Crippen molar-refractivity contribution in [3.05, 3.63) is 70.8 Å². The van der Waals surface area contributed by atoms with Crippen molar-refractivity contribution in [1.82, 2.24) is 10.6 Å². The summed E-state index contributed by atoms with van der Waals surface area (Å²) in [5.41, 5.74) is 1.61. The number of fused-ring (bicyclic) bond motifs is 1. The number of phenols is 1. The molecule has 0 unspecified atom stereocenters. The quantitative estimate of drug-likeness (QED) is 0.774. The third kappa shape index (κ3) is 2.89. The Bertz CT molecular complexity index is 939. The van der Waals surface area contributed by atoms with Crippen LogP contribution in [0.4, 0.5) is 0 Å². The van der Waals surface area contributed by atoms with Crippen LogP contribution in [0.1, 0.15) is 24.4 Å². The first-order chi connectivity index (χ1) is 12.6. The highest BCUT2D eigenvalue weighted by Gasteiger charge is 2.39. The van der Waals surface area contributed by atoms with E-state index < -0.39 is 9.84 Å². The van der Waals surface area contributed by atoms with Crippen LogP contribution in [0.15, 0.2) is 70.1 Å². The van der Waals surface area contributed by atoms with Gasteiger partial charge in [0.2, 0.25) is 9.84 Å². The van der Waals surface area contributed by atoms with Gasteiger partial charge in [0.1, 0.15) is 5.75 Å². The van der Waals surface area contributed by atoms with Crippen molar-refractivity contribution in [3.63, 3.8) is 0 Å². The second-order valence-corrected chi connectivity index (χ2v) is 8.69. The second-order valence-electron chi connectivity index (χ2n) is 6.72. The highest BCUT2D eigenvalue weighted by molar-refractivity contribution is 7.95. The third-order valence-electron chi connectivity index (χ3n) is 5.21. The average Bonchev–Trinajstić information content (AvgIpc) is 2.98. The fourth-order valence-corrected chi connectivity index (χ4v) is 5.70. The summed E-state index contributed by atoms with van der Waals surface area (Å²) in [6, 6.07) is 15.8. The molecule has 26 heavy (non-hydrogen) atoms. The maximum Gasteiger partial charge on any atom is 0.204 e. The van der Waals surface area contributed by atoms with Crippen LogP contribution in [0.5, 0.6) is 5.75 Å². The molecule has 0 bridgehead atoms. The Morgan fingerprint density at radius 1 is 0.962 bits per heavy atom. The standard InChI is InChI=1S/C20H22N2O3S/c23-17-9-5-4-8-15(17)19-16-10-11-18(20(16)22-13-12-21-19)26(24,25)14-6-2-1-3-7-14/h1-9,16,19,21-23H,10-13H2/t16-,19+/m1/s1. The Labute approximate surface area is 153 Å². The number of hydrogen-bond acceptors (Lipinski definition) is 5. The van der Waals surface area contributed by atoms with Gasteiger partial charge in [-0.05, 0) is 31.0 Å². The first-order valence-corrected chi connectivity index (χ1v) is 10.4. The molecule has 1 heterocycles. The van der Waals surface area contributed by atoms with Crippen LogP contribution in [0, 0.1) is 5.92 Å². The minimum atomic E-state index is -3.51. The molecule has 4 rings (SSSR count). The Kier molecular flexibility index (Phi) is 4.46. The van der Waals surface area contributed by atoms with Gasteiger partial charge in [-0.1, -0.05) is 36.4 Å². The summed E-state index contributed by atoms with van der Waals surface area (Å²) in [6.45, 7) is 1.36. The number of para-hydroxylation sites is 1. The molecule has 2 atom stereocenters. The van der Waals surface area contributed by atoms with E-state index in [1.165, 1.54) is 0 Å². The lowest BCUT2D eigenvalue weighted by atomic mass is 9.90. The van der Waals surface area contributed by atoms with Crippen molar-refractivity contribution in [2.24, 2.45) is 5.92 Å². The highest BCUT2D eigenvalue weighted by Crippen LogP contribution is 2.44. The maximum atomic E-state index is 13.1. The number of allylic oxidation sites excluding steroid dienone is 1. The van der Waals surface area contributed by atoms with Crippen molar-refractivity contribution < 1.29 is 13.5 Å². The molecular formula is C20H22N2O3S. The van der Waals surface area contributed by atoms with Gasteiger partial charge in [0.25, 0.3) is 0 Å².